The van der Waals surface area contributed by atoms with Gasteiger partial charge in [0.05, 0.1) is 10.0 Å². The van der Waals surface area contributed by atoms with E-state index in [4.69, 9.17) is 34.8 Å². The molecule has 148 valence electrons. The van der Waals surface area contributed by atoms with Crippen LogP contribution >= 0.6 is 34.8 Å². The number of benzene rings is 2. The Balaban J connectivity index is 1.92. The summed E-state index contributed by atoms with van der Waals surface area (Å²) in [6.45, 7) is 0. The zero-order valence-corrected chi connectivity index (χ0v) is 17.9. The van der Waals surface area contributed by atoms with Gasteiger partial charge in [-0.3, -0.25) is 9.59 Å². The van der Waals surface area contributed by atoms with Gasteiger partial charge >= 0.3 is 0 Å². The molecule has 0 aromatic heterocycles. The van der Waals surface area contributed by atoms with Crippen molar-refractivity contribution in [2.24, 2.45) is 5.92 Å². The molecule has 1 aliphatic rings. The van der Waals surface area contributed by atoms with Gasteiger partial charge < -0.3 is 0 Å². The summed E-state index contributed by atoms with van der Waals surface area (Å²) in [5.74, 6) is -0.125. The van der Waals surface area contributed by atoms with Crippen LogP contribution in [-0.2, 0) is 4.79 Å². The van der Waals surface area contributed by atoms with Crippen LogP contribution < -0.4 is 0 Å². The number of hydrogen-bond donors (Lipinski definition) is 0. The smallest absolute Gasteiger partial charge is 0.163 e. The Labute approximate surface area is 181 Å². The van der Waals surface area contributed by atoms with E-state index < -0.39 is 0 Å². The summed E-state index contributed by atoms with van der Waals surface area (Å²) in [5, 5.41) is 1.51. The molecular weight excluding hydrogens is 415 g/mol. The van der Waals surface area contributed by atoms with Crippen molar-refractivity contribution in [3.05, 3.63) is 68.7 Å². The SMILES string of the molecule is O=C(C[C@@H](c1ccc(Cl)c(Cl)c1)[C@@H]1CCCCCCC1=O)c1ccc(Cl)cc1. The molecule has 28 heavy (non-hydrogen) atoms. The van der Waals surface area contributed by atoms with E-state index in [1.165, 1.54) is 0 Å². The van der Waals surface area contributed by atoms with Crippen LogP contribution in [0.5, 0.6) is 0 Å². The predicted octanol–water partition coefficient (Wildman–Crippen LogP) is 7.54. The predicted molar refractivity (Wildman–Crippen MR) is 116 cm³/mol. The Morgan fingerprint density at radius 3 is 2.36 bits per heavy atom. The summed E-state index contributed by atoms with van der Waals surface area (Å²) >= 11 is 18.3. The third-order valence-corrected chi connectivity index (χ3v) is 6.52. The Hall–Kier alpha value is -1.35. The molecule has 0 amide bonds. The molecular formula is C23H23Cl3O2. The summed E-state index contributed by atoms with van der Waals surface area (Å²) in [5.41, 5.74) is 1.50. The Bertz CT molecular complexity index is 845. The average Bonchev–Trinajstić information content (AvgIpc) is 2.66. The van der Waals surface area contributed by atoms with Crippen molar-refractivity contribution in [2.45, 2.75) is 50.9 Å². The highest BCUT2D eigenvalue weighted by Gasteiger charge is 2.32. The largest absolute Gasteiger partial charge is 0.299 e. The minimum absolute atomic E-state index is 0.00241. The Morgan fingerprint density at radius 2 is 1.64 bits per heavy atom. The standard InChI is InChI=1S/C23H23Cl3O2/c24-17-10-7-15(8-11-17)23(28)14-19(16-9-12-20(25)21(26)13-16)18-5-3-1-2-4-6-22(18)27/h7-13,18-19H,1-6,14H2/t18-,19-/m0/s1. The van der Waals surface area contributed by atoms with Crippen molar-refractivity contribution >= 4 is 46.4 Å². The van der Waals surface area contributed by atoms with Crippen molar-refractivity contribution in [1.29, 1.82) is 0 Å². The number of halogens is 3. The molecule has 0 spiro atoms. The van der Waals surface area contributed by atoms with Gasteiger partial charge in [-0.05, 0) is 54.8 Å². The minimum Gasteiger partial charge on any atom is -0.299 e. The van der Waals surface area contributed by atoms with Gasteiger partial charge in [0, 0.05) is 35.3 Å². The molecule has 0 radical (unpaired) electrons. The average molecular weight is 438 g/mol. The van der Waals surface area contributed by atoms with Crippen molar-refractivity contribution in [1.82, 2.24) is 0 Å². The van der Waals surface area contributed by atoms with Gasteiger partial charge in [0.2, 0.25) is 0 Å². The summed E-state index contributed by atoms with van der Waals surface area (Å²) in [6.07, 6.45) is 5.80. The van der Waals surface area contributed by atoms with Gasteiger partial charge in [-0.1, -0.05) is 60.1 Å². The van der Waals surface area contributed by atoms with Crippen molar-refractivity contribution < 1.29 is 9.59 Å². The lowest BCUT2D eigenvalue weighted by Gasteiger charge is -2.28. The number of carbonyl (C=O) groups is 2. The lowest BCUT2D eigenvalue weighted by atomic mass is 9.75. The number of Topliss-reactive ketones (excluding diaryl/α,β-unsaturated/α-hetero) is 2. The molecule has 2 aromatic rings. The van der Waals surface area contributed by atoms with Gasteiger partial charge in [-0.2, -0.15) is 0 Å². The van der Waals surface area contributed by atoms with Crippen molar-refractivity contribution in [3.8, 4) is 0 Å². The van der Waals surface area contributed by atoms with Crippen LogP contribution in [0.25, 0.3) is 0 Å². The Kier molecular flexibility index (Phi) is 7.56. The van der Waals surface area contributed by atoms with Gasteiger partial charge in [0.1, 0.15) is 5.78 Å². The first-order valence-electron chi connectivity index (χ1n) is 9.72. The van der Waals surface area contributed by atoms with E-state index >= 15 is 0 Å². The molecule has 2 atom stereocenters. The summed E-state index contributed by atoms with van der Waals surface area (Å²) in [7, 11) is 0. The second kappa shape index (κ2) is 9.91. The molecule has 0 unspecified atom stereocenters. The van der Waals surface area contributed by atoms with E-state index in [0.29, 0.717) is 27.1 Å². The highest BCUT2D eigenvalue weighted by Crippen LogP contribution is 2.38. The molecule has 1 aliphatic carbocycles. The maximum atomic E-state index is 13.0. The van der Waals surface area contributed by atoms with Crippen LogP contribution in [0, 0.1) is 5.92 Å². The number of rotatable bonds is 5. The maximum Gasteiger partial charge on any atom is 0.163 e. The van der Waals surface area contributed by atoms with Crippen LogP contribution in [0.15, 0.2) is 42.5 Å². The van der Waals surface area contributed by atoms with E-state index in [1.54, 1.807) is 36.4 Å². The van der Waals surface area contributed by atoms with E-state index in [1.807, 2.05) is 6.07 Å². The first-order chi connectivity index (χ1) is 13.5. The van der Waals surface area contributed by atoms with Crippen molar-refractivity contribution in [2.75, 3.05) is 0 Å². The first-order valence-corrected chi connectivity index (χ1v) is 10.9. The van der Waals surface area contributed by atoms with Crippen LogP contribution in [0.2, 0.25) is 15.1 Å². The zero-order chi connectivity index (χ0) is 20.1. The molecule has 0 N–H and O–H groups in total. The summed E-state index contributed by atoms with van der Waals surface area (Å²) < 4.78 is 0. The highest BCUT2D eigenvalue weighted by atomic mass is 35.5. The van der Waals surface area contributed by atoms with E-state index in [9.17, 15) is 9.59 Å². The quantitative estimate of drug-likeness (QED) is 0.453. The zero-order valence-electron chi connectivity index (χ0n) is 15.6. The minimum atomic E-state index is -0.205. The lowest BCUT2D eigenvalue weighted by Crippen LogP contribution is -2.26. The van der Waals surface area contributed by atoms with Gasteiger partial charge in [-0.25, -0.2) is 0 Å². The molecule has 1 fully saturated rings. The molecule has 0 heterocycles. The second-order valence-corrected chi connectivity index (χ2v) is 8.69. The topological polar surface area (TPSA) is 34.1 Å². The normalized spacial score (nSPS) is 19.0. The highest BCUT2D eigenvalue weighted by molar-refractivity contribution is 6.42. The number of ketones is 2. The fraction of sp³-hybridized carbons (Fsp3) is 0.391. The lowest BCUT2D eigenvalue weighted by molar-refractivity contribution is -0.124. The summed E-state index contributed by atoms with van der Waals surface area (Å²) in [6, 6.07) is 12.3. The molecule has 3 rings (SSSR count). The summed E-state index contributed by atoms with van der Waals surface area (Å²) in [4.78, 5) is 25.9. The molecule has 0 saturated heterocycles. The van der Waals surface area contributed by atoms with Gasteiger partial charge in [-0.15, -0.1) is 0 Å². The molecule has 5 heteroatoms. The fourth-order valence-electron chi connectivity index (χ4n) is 3.98. The van der Waals surface area contributed by atoms with E-state index in [2.05, 4.69) is 0 Å². The third-order valence-electron chi connectivity index (χ3n) is 5.53. The van der Waals surface area contributed by atoms with Crippen molar-refractivity contribution in [3.63, 3.8) is 0 Å². The number of carbonyl (C=O) groups excluding carboxylic acids is 2. The number of hydrogen-bond acceptors (Lipinski definition) is 2. The monoisotopic (exact) mass is 436 g/mol. The van der Waals surface area contributed by atoms with Gasteiger partial charge in [0.25, 0.3) is 0 Å². The molecule has 0 aliphatic heterocycles. The van der Waals surface area contributed by atoms with Crippen LogP contribution in [0.1, 0.15) is 66.8 Å². The molecule has 0 bridgehead atoms. The van der Waals surface area contributed by atoms with Crippen LogP contribution in [0.3, 0.4) is 0 Å². The van der Waals surface area contributed by atoms with Crippen LogP contribution in [-0.4, -0.2) is 11.6 Å². The first kappa shape index (κ1) is 21.4. The molecule has 2 aromatic carbocycles. The second-order valence-electron chi connectivity index (χ2n) is 7.44. The maximum absolute atomic E-state index is 13.0. The third kappa shape index (κ3) is 5.37. The van der Waals surface area contributed by atoms with Gasteiger partial charge in [0.15, 0.2) is 5.78 Å². The van der Waals surface area contributed by atoms with E-state index in [0.717, 1.165) is 37.7 Å². The van der Waals surface area contributed by atoms with Crippen LogP contribution in [0.4, 0.5) is 0 Å². The fourth-order valence-corrected chi connectivity index (χ4v) is 4.41. The molecule has 1 saturated carbocycles. The van der Waals surface area contributed by atoms with E-state index in [-0.39, 0.29) is 29.8 Å². The Morgan fingerprint density at radius 1 is 0.929 bits per heavy atom. The molecule has 2 nitrogen and oxygen atoms in total.